The monoisotopic (exact) mass is 169 g/mol. The molecule has 1 aromatic carbocycles. The molecule has 0 atom stereocenters. The molecule has 0 unspecified atom stereocenters. The van der Waals surface area contributed by atoms with Gasteiger partial charge in [0.05, 0.1) is 0 Å². The average Bonchev–Trinajstić information content (AvgIpc) is 2.03. The molecule has 0 fully saturated rings. The summed E-state index contributed by atoms with van der Waals surface area (Å²) in [5, 5.41) is 10.6. The molecule has 0 saturated carbocycles. The van der Waals surface area contributed by atoms with Gasteiger partial charge in [-0.2, -0.15) is 0 Å². The van der Waals surface area contributed by atoms with Gasteiger partial charge in [-0.25, -0.2) is 5.11 Å². The highest BCUT2D eigenvalue weighted by atomic mass is 35.5. The van der Waals surface area contributed by atoms with Crippen molar-refractivity contribution in [2.24, 2.45) is 0 Å². The van der Waals surface area contributed by atoms with Crippen molar-refractivity contribution in [3.8, 4) is 0 Å². The summed E-state index contributed by atoms with van der Waals surface area (Å²) in [6.07, 6.45) is 0. The van der Waals surface area contributed by atoms with E-state index < -0.39 is 12.4 Å². The van der Waals surface area contributed by atoms with Crippen molar-refractivity contribution in [2.45, 2.75) is 0 Å². The van der Waals surface area contributed by atoms with Crippen LogP contribution >= 0.6 is 11.6 Å². The number of benzene rings is 1. The highest BCUT2D eigenvalue weighted by Crippen LogP contribution is 2.10. The molecule has 0 aliphatic heterocycles. The van der Waals surface area contributed by atoms with Crippen molar-refractivity contribution in [1.82, 2.24) is 0 Å². The minimum absolute atomic E-state index is 0.382. The normalized spacial score (nSPS) is 9.64. The molecule has 1 rings (SSSR count). The van der Waals surface area contributed by atoms with Crippen molar-refractivity contribution in [2.75, 3.05) is 6.61 Å². The van der Waals surface area contributed by atoms with E-state index in [9.17, 15) is 9.90 Å². The maximum atomic E-state index is 10.8. The number of ketones is 1. The van der Waals surface area contributed by atoms with Gasteiger partial charge in [0.2, 0.25) is 0 Å². The predicted molar refractivity (Wildman–Crippen MR) is 41.3 cm³/mol. The van der Waals surface area contributed by atoms with Gasteiger partial charge in [-0.3, -0.25) is 4.79 Å². The molecule has 0 N–H and O–H groups in total. The van der Waals surface area contributed by atoms with E-state index in [1.807, 2.05) is 0 Å². The van der Waals surface area contributed by atoms with Crippen LogP contribution in [-0.2, 0) is 5.11 Å². The van der Waals surface area contributed by atoms with Gasteiger partial charge >= 0.3 is 0 Å². The molecule has 57 valence electrons. The lowest BCUT2D eigenvalue weighted by molar-refractivity contribution is 0.0827. The first-order valence-electron chi connectivity index (χ1n) is 3.11. The van der Waals surface area contributed by atoms with Gasteiger partial charge in [0.15, 0.2) is 5.78 Å². The second-order valence-electron chi connectivity index (χ2n) is 2.08. The van der Waals surface area contributed by atoms with E-state index in [4.69, 9.17) is 11.6 Å². The summed E-state index contributed by atoms with van der Waals surface area (Å²) in [6.45, 7) is -0.722. The Kier molecular flexibility index (Phi) is 2.63. The zero-order valence-corrected chi connectivity index (χ0v) is 6.47. The quantitative estimate of drug-likeness (QED) is 0.624. The summed E-state index contributed by atoms with van der Waals surface area (Å²) in [5.41, 5.74) is 0.382. The maximum absolute atomic E-state index is 10.8. The Morgan fingerprint density at radius 3 is 2.73 bits per heavy atom. The molecule has 0 amide bonds. The van der Waals surface area contributed by atoms with Gasteiger partial charge in [0.25, 0.3) is 0 Å². The van der Waals surface area contributed by atoms with Gasteiger partial charge in [-0.05, 0) is 12.1 Å². The highest BCUT2D eigenvalue weighted by Gasteiger charge is 2.03. The third kappa shape index (κ3) is 2.03. The molecule has 0 spiro atoms. The maximum Gasteiger partial charge on any atom is 0.191 e. The third-order valence-corrected chi connectivity index (χ3v) is 1.51. The lowest BCUT2D eigenvalue weighted by atomic mass is 10.1. The molecule has 0 aliphatic carbocycles. The highest BCUT2D eigenvalue weighted by molar-refractivity contribution is 6.31. The van der Waals surface area contributed by atoms with Gasteiger partial charge in [0.1, 0.15) is 6.61 Å². The van der Waals surface area contributed by atoms with Crippen molar-refractivity contribution < 1.29 is 9.90 Å². The van der Waals surface area contributed by atoms with Crippen molar-refractivity contribution >= 4 is 17.4 Å². The smallest absolute Gasteiger partial charge is 0.191 e. The van der Waals surface area contributed by atoms with Gasteiger partial charge in [-0.15, -0.1) is 0 Å². The fraction of sp³-hybridized carbons (Fsp3) is 0.125. The number of hydrogen-bond donors (Lipinski definition) is 0. The van der Waals surface area contributed by atoms with Gasteiger partial charge in [-0.1, -0.05) is 23.7 Å². The fourth-order valence-electron chi connectivity index (χ4n) is 0.745. The molecule has 0 aliphatic rings. The number of Topliss-reactive ketones (excluding diaryl/α,β-unsaturated/α-hetero) is 1. The fourth-order valence-corrected chi connectivity index (χ4v) is 0.936. The number of carbonyl (C=O) groups excluding carboxylic acids is 1. The van der Waals surface area contributed by atoms with Crippen LogP contribution in [0.4, 0.5) is 0 Å². The standard InChI is InChI=1S/C8H6ClO2/c9-7-3-1-2-6(4-7)8(11)5-10/h1-4H,5H2. The SMILES string of the molecule is [O]CC(=O)c1cccc(Cl)c1. The Bertz CT molecular complexity index is 271. The molecule has 2 nitrogen and oxygen atoms in total. The van der Waals surface area contributed by atoms with Crippen LogP contribution in [0, 0.1) is 0 Å². The Labute approximate surface area is 69.4 Å². The van der Waals surface area contributed by atoms with Crippen molar-refractivity contribution in [1.29, 1.82) is 0 Å². The van der Waals surface area contributed by atoms with Gasteiger partial charge < -0.3 is 0 Å². The third-order valence-electron chi connectivity index (χ3n) is 1.28. The van der Waals surface area contributed by atoms with Gasteiger partial charge in [0, 0.05) is 10.6 Å². The molecule has 0 aromatic heterocycles. The van der Waals surface area contributed by atoms with E-state index in [0.717, 1.165) is 0 Å². The minimum atomic E-state index is -0.722. The molecule has 1 aromatic rings. The largest absolute Gasteiger partial charge is 0.291 e. The summed E-state index contributed by atoms with van der Waals surface area (Å²) < 4.78 is 0. The zero-order valence-electron chi connectivity index (χ0n) is 5.71. The molecule has 0 bridgehead atoms. The minimum Gasteiger partial charge on any atom is -0.291 e. The van der Waals surface area contributed by atoms with Crippen LogP contribution in [0.25, 0.3) is 0 Å². The van der Waals surface area contributed by atoms with Crippen LogP contribution < -0.4 is 0 Å². The molecule has 3 heteroatoms. The molecule has 11 heavy (non-hydrogen) atoms. The summed E-state index contributed by atoms with van der Waals surface area (Å²) in [4.78, 5) is 10.8. The Hall–Kier alpha value is -0.860. The van der Waals surface area contributed by atoms with Crippen LogP contribution in [0.1, 0.15) is 10.4 Å². The number of rotatable bonds is 2. The molecular weight excluding hydrogens is 164 g/mol. The summed E-state index contributed by atoms with van der Waals surface area (Å²) >= 11 is 5.59. The number of carbonyl (C=O) groups is 1. The average molecular weight is 170 g/mol. The number of hydrogen-bond acceptors (Lipinski definition) is 1. The lowest BCUT2D eigenvalue weighted by Gasteiger charge is -1.95. The van der Waals surface area contributed by atoms with E-state index in [1.54, 1.807) is 18.2 Å². The zero-order chi connectivity index (χ0) is 8.27. The van der Waals surface area contributed by atoms with Crippen LogP contribution in [-0.4, -0.2) is 12.4 Å². The lowest BCUT2D eigenvalue weighted by Crippen LogP contribution is -2.02. The van der Waals surface area contributed by atoms with E-state index >= 15 is 0 Å². The number of halogens is 1. The summed E-state index contributed by atoms with van der Waals surface area (Å²) in [5.74, 6) is -0.424. The van der Waals surface area contributed by atoms with Crippen LogP contribution in [0.5, 0.6) is 0 Å². The Morgan fingerprint density at radius 2 is 2.18 bits per heavy atom. The molecule has 0 heterocycles. The second-order valence-corrected chi connectivity index (χ2v) is 2.51. The van der Waals surface area contributed by atoms with Crippen LogP contribution in [0.2, 0.25) is 5.02 Å². The van der Waals surface area contributed by atoms with Crippen LogP contribution in [0.3, 0.4) is 0 Å². The van der Waals surface area contributed by atoms with E-state index in [0.29, 0.717) is 10.6 Å². The molecular formula is C8H6ClO2. The first kappa shape index (κ1) is 8.24. The predicted octanol–water partition coefficient (Wildman–Crippen LogP) is 1.95. The van der Waals surface area contributed by atoms with Crippen molar-refractivity contribution in [3.05, 3.63) is 34.9 Å². The Balaban J connectivity index is 2.96. The molecule has 0 saturated heterocycles. The van der Waals surface area contributed by atoms with E-state index in [-0.39, 0.29) is 0 Å². The topological polar surface area (TPSA) is 37.0 Å². The van der Waals surface area contributed by atoms with Crippen LogP contribution in [0.15, 0.2) is 24.3 Å². The Morgan fingerprint density at radius 1 is 1.45 bits per heavy atom. The van der Waals surface area contributed by atoms with E-state index in [2.05, 4.69) is 0 Å². The first-order valence-corrected chi connectivity index (χ1v) is 3.48. The summed E-state index contributed by atoms with van der Waals surface area (Å²) in [6, 6.07) is 6.36. The molecule has 1 radical (unpaired) electrons. The van der Waals surface area contributed by atoms with E-state index in [1.165, 1.54) is 6.07 Å². The summed E-state index contributed by atoms with van der Waals surface area (Å²) in [7, 11) is 0. The second kappa shape index (κ2) is 3.51. The first-order chi connectivity index (χ1) is 5.24. The van der Waals surface area contributed by atoms with Crippen molar-refractivity contribution in [3.63, 3.8) is 0 Å².